The molecule has 0 radical (unpaired) electrons. The molecule has 4 nitrogen and oxygen atoms in total. The summed E-state index contributed by atoms with van der Waals surface area (Å²) >= 11 is 0. The van der Waals surface area contributed by atoms with Gasteiger partial charge in [0.1, 0.15) is 0 Å². The predicted molar refractivity (Wildman–Crippen MR) is 68.1 cm³/mol. The molecule has 0 aliphatic carbocycles. The highest BCUT2D eigenvalue weighted by Gasteiger charge is 2.36. The van der Waals surface area contributed by atoms with E-state index in [0.717, 1.165) is 4.40 Å². The normalized spacial score (nSPS) is 11.5. The minimum Gasteiger partial charge on any atom is -0.278 e. The minimum absolute atomic E-state index is 0.125. The van der Waals surface area contributed by atoms with Crippen LogP contribution in [0.5, 0.6) is 0 Å². The Bertz CT molecular complexity index is 841. The molecule has 3 rings (SSSR count). The molecule has 21 heavy (non-hydrogen) atoms. The van der Waals surface area contributed by atoms with Crippen LogP contribution in [0.15, 0.2) is 42.6 Å². The first-order valence-corrected chi connectivity index (χ1v) is 5.91. The molecule has 0 bridgehead atoms. The topological polar surface area (TPSA) is 54.0 Å². The number of pyridine rings is 1. The highest BCUT2D eigenvalue weighted by atomic mass is 19.4. The van der Waals surface area contributed by atoms with Crippen LogP contribution in [0.25, 0.3) is 16.8 Å². The van der Waals surface area contributed by atoms with Gasteiger partial charge in [0.25, 0.3) is 0 Å². The van der Waals surface area contributed by atoms with Gasteiger partial charge in [-0.25, -0.2) is 0 Å². The number of hydrogen-bond acceptors (Lipinski definition) is 3. The Labute approximate surface area is 117 Å². The van der Waals surface area contributed by atoms with Crippen molar-refractivity contribution in [3.05, 3.63) is 54.0 Å². The summed E-state index contributed by atoms with van der Waals surface area (Å²) in [5.74, 6) is -1.06. The minimum atomic E-state index is -4.57. The Balaban J connectivity index is 2.13. The van der Waals surface area contributed by atoms with Gasteiger partial charge in [0.2, 0.25) is 5.82 Å². The number of rotatable bonds is 1. The predicted octanol–water partition coefficient (Wildman–Crippen LogP) is 3.29. The van der Waals surface area contributed by atoms with E-state index < -0.39 is 12.0 Å². The number of benzene rings is 1. The molecule has 2 heterocycles. The first-order valence-electron chi connectivity index (χ1n) is 5.91. The van der Waals surface area contributed by atoms with Crippen molar-refractivity contribution in [2.75, 3.05) is 0 Å². The lowest BCUT2D eigenvalue weighted by molar-refractivity contribution is -0.145. The summed E-state index contributed by atoms with van der Waals surface area (Å²) < 4.78 is 39.4. The number of nitrogens with zero attached hydrogens (tertiary/aromatic N) is 4. The SMILES string of the molecule is N#Cc1ccc(-c2ccc3nnc(C(F)(F)F)n3c2)cc1. The summed E-state index contributed by atoms with van der Waals surface area (Å²) in [7, 11) is 0. The quantitative estimate of drug-likeness (QED) is 0.690. The van der Waals surface area contributed by atoms with Gasteiger partial charge in [0.15, 0.2) is 5.65 Å². The Kier molecular flexibility index (Phi) is 2.87. The maximum atomic E-state index is 12.8. The molecule has 1 aromatic carbocycles. The fraction of sp³-hybridized carbons (Fsp3) is 0.0714. The van der Waals surface area contributed by atoms with Gasteiger partial charge in [-0.15, -0.1) is 10.2 Å². The number of halogens is 3. The van der Waals surface area contributed by atoms with Crippen LogP contribution < -0.4 is 0 Å². The van der Waals surface area contributed by atoms with Crippen LogP contribution in [0.1, 0.15) is 11.4 Å². The van der Waals surface area contributed by atoms with Crippen molar-refractivity contribution in [1.29, 1.82) is 5.26 Å². The standard InChI is InChI=1S/C14H7F3N4/c15-14(16,17)13-20-19-12-6-5-11(8-21(12)13)10-3-1-9(7-18)2-4-10/h1-6,8H. The van der Waals surface area contributed by atoms with Gasteiger partial charge in [0, 0.05) is 6.20 Å². The zero-order valence-corrected chi connectivity index (χ0v) is 10.5. The Hall–Kier alpha value is -2.88. The van der Waals surface area contributed by atoms with E-state index in [2.05, 4.69) is 10.2 Å². The fourth-order valence-corrected chi connectivity index (χ4v) is 1.99. The molecular formula is C14H7F3N4. The highest BCUT2D eigenvalue weighted by Crippen LogP contribution is 2.29. The van der Waals surface area contributed by atoms with Crippen LogP contribution in [-0.4, -0.2) is 14.6 Å². The molecule has 3 aromatic rings. The van der Waals surface area contributed by atoms with Crippen molar-refractivity contribution in [3.63, 3.8) is 0 Å². The zero-order chi connectivity index (χ0) is 15.0. The average molecular weight is 288 g/mol. The summed E-state index contributed by atoms with van der Waals surface area (Å²) in [6.45, 7) is 0. The number of hydrogen-bond donors (Lipinski definition) is 0. The molecule has 0 aliphatic rings. The first-order chi connectivity index (χ1) is 9.99. The number of aromatic nitrogens is 3. The molecule has 0 unspecified atom stereocenters. The average Bonchev–Trinajstić information content (AvgIpc) is 2.90. The van der Waals surface area contributed by atoms with E-state index >= 15 is 0 Å². The molecule has 0 amide bonds. The van der Waals surface area contributed by atoms with Crippen molar-refractivity contribution in [1.82, 2.24) is 14.6 Å². The smallest absolute Gasteiger partial charge is 0.278 e. The summed E-state index contributed by atoms with van der Waals surface area (Å²) in [6, 6.07) is 11.7. The Morgan fingerprint density at radius 1 is 0.952 bits per heavy atom. The van der Waals surface area contributed by atoms with E-state index in [1.165, 1.54) is 12.3 Å². The summed E-state index contributed by atoms with van der Waals surface area (Å²) in [6.07, 6.45) is -3.23. The van der Waals surface area contributed by atoms with E-state index in [-0.39, 0.29) is 5.65 Å². The molecule has 0 saturated heterocycles. The summed E-state index contributed by atoms with van der Waals surface area (Å²) in [5, 5.41) is 15.4. The fourth-order valence-electron chi connectivity index (χ4n) is 1.99. The number of fused-ring (bicyclic) bond motifs is 1. The number of nitriles is 1. The van der Waals surface area contributed by atoms with Crippen molar-refractivity contribution in [2.45, 2.75) is 6.18 Å². The third-order valence-electron chi connectivity index (χ3n) is 3.00. The van der Waals surface area contributed by atoms with Crippen molar-refractivity contribution in [2.24, 2.45) is 0 Å². The Morgan fingerprint density at radius 3 is 2.24 bits per heavy atom. The monoisotopic (exact) mass is 288 g/mol. The molecule has 0 spiro atoms. The highest BCUT2D eigenvalue weighted by molar-refractivity contribution is 5.65. The summed E-state index contributed by atoms with van der Waals surface area (Å²) in [4.78, 5) is 0. The van der Waals surface area contributed by atoms with Gasteiger partial charge in [-0.2, -0.15) is 18.4 Å². The second-order valence-electron chi connectivity index (χ2n) is 4.36. The molecule has 0 saturated carbocycles. The van der Waals surface area contributed by atoms with E-state index in [9.17, 15) is 13.2 Å². The molecule has 0 atom stereocenters. The molecular weight excluding hydrogens is 281 g/mol. The molecule has 0 aliphatic heterocycles. The molecule has 0 N–H and O–H groups in total. The molecule has 7 heteroatoms. The first kappa shape index (κ1) is 13.1. The van der Waals surface area contributed by atoms with Crippen molar-refractivity contribution >= 4 is 5.65 Å². The Morgan fingerprint density at radius 2 is 1.62 bits per heavy atom. The van der Waals surface area contributed by atoms with Crippen LogP contribution in [0.2, 0.25) is 0 Å². The molecule has 2 aromatic heterocycles. The zero-order valence-electron chi connectivity index (χ0n) is 10.5. The van der Waals surface area contributed by atoms with Crippen LogP contribution >= 0.6 is 0 Å². The van der Waals surface area contributed by atoms with E-state index in [4.69, 9.17) is 5.26 Å². The maximum Gasteiger partial charge on any atom is 0.452 e. The molecule has 0 fully saturated rings. The van der Waals surface area contributed by atoms with Crippen LogP contribution in [0.4, 0.5) is 13.2 Å². The third kappa shape index (κ3) is 2.31. The van der Waals surface area contributed by atoms with Gasteiger partial charge in [-0.05, 0) is 35.4 Å². The maximum absolute atomic E-state index is 12.8. The van der Waals surface area contributed by atoms with Crippen molar-refractivity contribution < 1.29 is 13.2 Å². The van der Waals surface area contributed by atoms with Crippen molar-refractivity contribution in [3.8, 4) is 17.2 Å². The van der Waals surface area contributed by atoms with Gasteiger partial charge >= 0.3 is 6.18 Å². The second kappa shape index (κ2) is 4.59. The van der Waals surface area contributed by atoms with Gasteiger partial charge in [0.05, 0.1) is 11.6 Å². The van der Waals surface area contributed by atoms with E-state index in [1.54, 1.807) is 30.3 Å². The largest absolute Gasteiger partial charge is 0.452 e. The van der Waals surface area contributed by atoms with Crippen LogP contribution in [0, 0.1) is 11.3 Å². The lowest BCUT2D eigenvalue weighted by atomic mass is 10.1. The number of alkyl halides is 3. The second-order valence-corrected chi connectivity index (χ2v) is 4.36. The van der Waals surface area contributed by atoms with Crippen LogP contribution in [0.3, 0.4) is 0 Å². The molecule has 104 valence electrons. The van der Waals surface area contributed by atoms with E-state index in [1.807, 2.05) is 6.07 Å². The van der Waals surface area contributed by atoms with E-state index in [0.29, 0.717) is 16.7 Å². The van der Waals surface area contributed by atoms with Crippen LogP contribution in [-0.2, 0) is 6.18 Å². The van der Waals surface area contributed by atoms with Gasteiger partial charge < -0.3 is 0 Å². The van der Waals surface area contributed by atoms with Gasteiger partial charge in [-0.3, -0.25) is 4.40 Å². The lowest BCUT2D eigenvalue weighted by Gasteiger charge is -2.06. The lowest BCUT2D eigenvalue weighted by Crippen LogP contribution is -2.10. The summed E-state index contributed by atoms with van der Waals surface area (Å²) in [5.41, 5.74) is 1.90. The third-order valence-corrected chi connectivity index (χ3v) is 3.00. The van der Waals surface area contributed by atoms with Gasteiger partial charge in [-0.1, -0.05) is 12.1 Å².